The molecular formula is C15H37NO5S2Si. The second-order valence-electron chi connectivity index (χ2n) is 5.28. The highest BCUT2D eigenvalue weighted by atomic mass is 32.2. The van der Waals surface area contributed by atoms with Crippen LogP contribution < -0.4 is 4.72 Å². The molecule has 9 heteroatoms. The lowest BCUT2D eigenvalue weighted by molar-refractivity contribution is 0.0712. The zero-order valence-corrected chi connectivity index (χ0v) is 19.0. The van der Waals surface area contributed by atoms with Crippen LogP contribution in [-0.4, -0.2) is 61.3 Å². The molecule has 0 fully saturated rings. The quantitative estimate of drug-likeness (QED) is 0.376. The molecular weight excluding hydrogens is 366 g/mol. The molecule has 0 heterocycles. The Morgan fingerprint density at radius 1 is 1.04 bits per heavy atom. The molecule has 0 aliphatic carbocycles. The topological polar surface area (TPSA) is 73.9 Å². The maximum absolute atomic E-state index is 10.5. The van der Waals surface area contributed by atoms with Crippen LogP contribution in [0.3, 0.4) is 0 Å². The van der Waals surface area contributed by atoms with E-state index in [4.69, 9.17) is 13.3 Å². The number of nitrogens with one attached hydrogen (secondary N) is 1. The van der Waals surface area contributed by atoms with Crippen LogP contribution in [0.15, 0.2) is 0 Å². The fourth-order valence-corrected chi connectivity index (χ4v) is 6.08. The third-order valence-electron chi connectivity index (χ3n) is 2.95. The summed E-state index contributed by atoms with van der Waals surface area (Å²) in [5.74, 6) is 1.14. The SMILES string of the molecule is CCC(C)NS(C)(=O)=O.CCO[Si](CCCSC)(OCC)OCC. The highest BCUT2D eigenvalue weighted by Gasteiger charge is 2.39. The van der Waals surface area contributed by atoms with Gasteiger partial charge in [0.15, 0.2) is 0 Å². The Hall–Kier alpha value is 0.357. The summed E-state index contributed by atoms with van der Waals surface area (Å²) >= 11 is 1.85. The Bertz CT molecular complexity index is 365. The predicted octanol–water partition coefficient (Wildman–Crippen LogP) is 3.12. The van der Waals surface area contributed by atoms with Crippen LogP contribution in [0.4, 0.5) is 0 Å². The molecule has 0 amide bonds. The molecule has 0 radical (unpaired) electrons. The summed E-state index contributed by atoms with van der Waals surface area (Å²) in [6.07, 6.45) is 5.21. The van der Waals surface area contributed by atoms with Crippen LogP contribution in [-0.2, 0) is 23.3 Å². The number of hydrogen-bond donors (Lipinski definition) is 1. The van der Waals surface area contributed by atoms with Gasteiger partial charge in [-0.1, -0.05) is 6.92 Å². The van der Waals surface area contributed by atoms with Gasteiger partial charge in [-0.05, 0) is 52.5 Å². The van der Waals surface area contributed by atoms with Crippen LogP contribution in [0.5, 0.6) is 0 Å². The first-order valence-electron chi connectivity index (χ1n) is 8.58. The molecule has 1 N–H and O–H groups in total. The monoisotopic (exact) mass is 403 g/mol. The van der Waals surface area contributed by atoms with Gasteiger partial charge in [0.2, 0.25) is 10.0 Å². The van der Waals surface area contributed by atoms with E-state index in [1.54, 1.807) is 0 Å². The van der Waals surface area contributed by atoms with Gasteiger partial charge in [-0.3, -0.25) is 0 Å². The number of sulfonamides is 1. The van der Waals surface area contributed by atoms with Gasteiger partial charge >= 0.3 is 8.80 Å². The first-order chi connectivity index (χ1) is 11.2. The minimum absolute atomic E-state index is 0.0556. The van der Waals surface area contributed by atoms with Crippen molar-refractivity contribution in [1.29, 1.82) is 0 Å². The summed E-state index contributed by atoms with van der Waals surface area (Å²) in [7, 11) is -5.33. The van der Waals surface area contributed by atoms with Crippen LogP contribution in [0.25, 0.3) is 0 Å². The van der Waals surface area contributed by atoms with Crippen molar-refractivity contribution < 1.29 is 21.7 Å². The Morgan fingerprint density at radius 3 is 1.75 bits per heavy atom. The Balaban J connectivity index is 0. The van der Waals surface area contributed by atoms with E-state index in [9.17, 15) is 8.42 Å². The molecule has 0 saturated heterocycles. The van der Waals surface area contributed by atoms with Crippen molar-refractivity contribution in [3.05, 3.63) is 0 Å². The molecule has 0 rings (SSSR count). The maximum atomic E-state index is 10.5. The fourth-order valence-electron chi connectivity index (χ4n) is 1.88. The summed E-state index contributed by atoms with van der Waals surface area (Å²) in [6, 6.07) is 0.989. The van der Waals surface area contributed by atoms with Gasteiger partial charge in [-0.25, -0.2) is 13.1 Å². The van der Waals surface area contributed by atoms with Gasteiger partial charge in [-0.15, -0.1) is 0 Å². The lowest BCUT2D eigenvalue weighted by Crippen LogP contribution is -2.46. The van der Waals surface area contributed by atoms with E-state index in [1.165, 1.54) is 6.26 Å². The van der Waals surface area contributed by atoms with Crippen LogP contribution in [0, 0.1) is 0 Å². The molecule has 0 saturated carbocycles. The van der Waals surface area contributed by atoms with E-state index in [0.29, 0.717) is 19.8 Å². The molecule has 1 atom stereocenters. The van der Waals surface area contributed by atoms with Crippen LogP contribution in [0.2, 0.25) is 6.04 Å². The van der Waals surface area contributed by atoms with Gasteiger partial charge in [-0.2, -0.15) is 11.8 Å². The van der Waals surface area contributed by atoms with E-state index in [2.05, 4.69) is 11.0 Å². The molecule has 0 aliphatic heterocycles. The van der Waals surface area contributed by atoms with E-state index in [0.717, 1.165) is 24.6 Å². The molecule has 0 aliphatic rings. The van der Waals surface area contributed by atoms with Crippen molar-refractivity contribution in [2.45, 2.75) is 59.5 Å². The summed E-state index contributed by atoms with van der Waals surface area (Å²) in [5.41, 5.74) is 0. The summed E-state index contributed by atoms with van der Waals surface area (Å²) in [5, 5.41) is 0. The first kappa shape index (κ1) is 26.6. The number of thioether (sulfide) groups is 1. The number of hydrogen-bond acceptors (Lipinski definition) is 6. The predicted molar refractivity (Wildman–Crippen MR) is 106 cm³/mol. The molecule has 0 bridgehead atoms. The van der Waals surface area contributed by atoms with Crippen molar-refractivity contribution in [3.63, 3.8) is 0 Å². The van der Waals surface area contributed by atoms with E-state index < -0.39 is 18.8 Å². The van der Waals surface area contributed by atoms with E-state index in [-0.39, 0.29) is 6.04 Å². The average molecular weight is 404 g/mol. The smallest absolute Gasteiger partial charge is 0.374 e. The Labute approximate surface area is 154 Å². The molecule has 6 nitrogen and oxygen atoms in total. The molecule has 1 unspecified atom stereocenters. The molecule has 0 aromatic heterocycles. The van der Waals surface area contributed by atoms with E-state index >= 15 is 0 Å². The lowest BCUT2D eigenvalue weighted by atomic mass is 10.3. The zero-order chi connectivity index (χ0) is 19.1. The molecule has 0 spiro atoms. The summed E-state index contributed by atoms with van der Waals surface area (Å²) in [4.78, 5) is 0. The minimum Gasteiger partial charge on any atom is -0.374 e. The number of rotatable bonds is 13. The fraction of sp³-hybridized carbons (Fsp3) is 1.00. The standard InChI is InChI=1S/C10H24O3SSi.C5H13NO2S/c1-5-11-15(12-6-2,13-7-3)10-8-9-14-4;1-4-5(2)6-9(3,7)8/h5-10H2,1-4H3;5-6H,4H2,1-3H3. The Morgan fingerprint density at radius 2 is 1.50 bits per heavy atom. The summed E-state index contributed by atoms with van der Waals surface area (Å²) < 4.78 is 40.6. The van der Waals surface area contributed by atoms with Crippen molar-refractivity contribution in [2.75, 3.05) is 38.1 Å². The van der Waals surface area contributed by atoms with E-state index in [1.807, 2.05) is 46.4 Å². The normalized spacial score (nSPS) is 13.3. The molecule has 0 aromatic carbocycles. The molecule has 24 heavy (non-hydrogen) atoms. The van der Waals surface area contributed by atoms with Crippen LogP contribution >= 0.6 is 11.8 Å². The third-order valence-corrected chi connectivity index (χ3v) is 7.63. The summed E-state index contributed by atoms with van der Waals surface area (Å²) in [6.45, 7) is 11.8. The van der Waals surface area contributed by atoms with Crippen molar-refractivity contribution in [2.24, 2.45) is 0 Å². The Kier molecular flexibility index (Phi) is 17.3. The molecule has 148 valence electrons. The largest absolute Gasteiger partial charge is 0.500 e. The van der Waals surface area contributed by atoms with Gasteiger partial charge in [0.25, 0.3) is 0 Å². The lowest BCUT2D eigenvalue weighted by Gasteiger charge is -2.28. The van der Waals surface area contributed by atoms with Gasteiger partial charge in [0.05, 0.1) is 6.26 Å². The minimum atomic E-state index is -2.99. The second kappa shape index (κ2) is 15.6. The highest BCUT2D eigenvalue weighted by Crippen LogP contribution is 2.19. The van der Waals surface area contributed by atoms with Crippen molar-refractivity contribution in [3.8, 4) is 0 Å². The average Bonchev–Trinajstić information content (AvgIpc) is 2.47. The van der Waals surface area contributed by atoms with Crippen molar-refractivity contribution >= 4 is 30.6 Å². The van der Waals surface area contributed by atoms with Crippen molar-refractivity contribution in [1.82, 2.24) is 4.72 Å². The first-order valence-corrected chi connectivity index (χ1v) is 13.8. The van der Waals surface area contributed by atoms with Gasteiger partial charge in [0, 0.05) is 31.9 Å². The zero-order valence-electron chi connectivity index (χ0n) is 16.4. The molecule has 0 aromatic rings. The maximum Gasteiger partial charge on any atom is 0.500 e. The third kappa shape index (κ3) is 15.9. The highest BCUT2D eigenvalue weighted by molar-refractivity contribution is 7.98. The van der Waals surface area contributed by atoms with Gasteiger partial charge < -0.3 is 13.3 Å². The van der Waals surface area contributed by atoms with Gasteiger partial charge in [0.1, 0.15) is 0 Å². The van der Waals surface area contributed by atoms with Crippen LogP contribution in [0.1, 0.15) is 47.5 Å². The second-order valence-corrected chi connectivity index (χ2v) is 10.8.